The Labute approximate surface area is 124 Å². The third kappa shape index (κ3) is 3.29. The van der Waals surface area contributed by atoms with Crippen LogP contribution in [0.5, 0.6) is 11.5 Å². The standard InChI is InChI=1S/C13H15BrN2O4/c1-20-10-5-7(4-8(14)12(10)18)6-15-9-2-3-11(17)16-13(9)19/h4-5,9,15,18H,2-3,6H2,1H3,(H,16,17,19). The minimum absolute atomic E-state index is 0.0391. The van der Waals surface area contributed by atoms with Crippen molar-refractivity contribution in [3.8, 4) is 11.5 Å². The van der Waals surface area contributed by atoms with E-state index in [4.69, 9.17) is 4.74 Å². The number of phenols is 1. The van der Waals surface area contributed by atoms with Gasteiger partial charge in [-0.05, 0) is 40.0 Å². The molecule has 0 saturated carbocycles. The van der Waals surface area contributed by atoms with E-state index in [-0.39, 0.29) is 23.6 Å². The summed E-state index contributed by atoms with van der Waals surface area (Å²) in [4.78, 5) is 22.7. The molecule has 1 aliphatic rings. The van der Waals surface area contributed by atoms with Gasteiger partial charge in [-0.2, -0.15) is 0 Å². The van der Waals surface area contributed by atoms with Crippen molar-refractivity contribution in [2.24, 2.45) is 0 Å². The quantitative estimate of drug-likeness (QED) is 0.712. The van der Waals surface area contributed by atoms with Gasteiger partial charge in [0.25, 0.3) is 0 Å². The summed E-state index contributed by atoms with van der Waals surface area (Å²) in [6.07, 6.45) is 0.826. The molecule has 1 aromatic carbocycles. The Morgan fingerprint density at radius 1 is 1.50 bits per heavy atom. The molecule has 0 radical (unpaired) electrons. The molecule has 1 aromatic rings. The van der Waals surface area contributed by atoms with Crippen LogP contribution in [0.2, 0.25) is 0 Å². The van der Waals surface area contributed by atoms with Crippen LogP contribution in [0, 0.1) is 0 Å². The van der Waals surface area contributed by atoms with Crippen LogP contribution in [-0.2, 0) is 16.1 Å². The molecule has 0 aliphatic carbocycles. The summed E-state index contributed by atoms with van der Waals surface area (Å²) in [5.74, 6) is -0.134. The van der Waals surface area contributed by atoms with Crippen molar-refractivity contribution in [1.82, 2.24) is 10.6 Å². The summed E-state index contributed by atoms with van der Waals surface area (Å²) >= 11 is 3.24. The van der Waals surface area contributed by atoms with Crippen LogP contribution in [0.4, 0.5) is 0 Å². The third-order valence-electron chi connectivity index (χ3n) is 3.10. The fraction of sp³-hybridized carbons (Fsp3) is 0.385. The van der Waals surface area contributed by atoms with Crippen LogP contribution in [0.25, 0.3) is 0 Å². The number of benzene rings is 1. The summed E-state index contributed by atoms with van der Waals surface area (Å²) in [6.45, 7) is 0.432. The van der Waals surface area contributed by atoms with Gasteiger partial charge in [0.15, 0.2) is 11.5 Å². The van der Waals surface area contributed by atoms with Gasteiger partial charge in [-0.1, -0.05) is 0 Å². The van der Waals surface area contributed by atoms with E-state index in [1.54, 1.807) is 12.1 Å². The molecule has 1 fully saturated rings. The number of hydrogen-bond acceptors (Lipinski definition) is 5. The molecule has 108 valence electrons. The smallest absolute Gasteiger partial charge is 0.243 e. The summed E-state index contributed by atoms with van der Waals surface area (Å²) in [5, 5.41) is 15.1. The molecule has 1 saturated heterocycles. The van der Waals surface area contributed by atoms with Gasteiger partial charge in [0.05, 0.1) is 17.6 Å². The molecule has 1 heterocycles. The second kappa shape index (κ2) is 6.23. The Morgan fingerprint density at radius 3 is 2.90 bits per heavy atom. The molecule has 2 amide bonds. The molecular weight excluding hydrogens is 328 g/mol. The first-order valence-corrected chi connectivity index (χ1v) is 6.93. The highest BCUT2D eigenvalue weighted by atomic mass is 79.9. The minimum atomic E-state index is -0.383. The zero-order valence-corrected chi connectivity index (χ0v) is 12.5. The van der Waals surface area contributed by atoms with Gasteiger partial charge in [-0.15, -0.1) is 0 Å². The van der Waals surface area contributed by atoms with Crippen molar-refractivity contribution < 1.29 is 19.4 Å². The lowest BCUT2D eigenvalue weighted by Gasteiger charge is -2.22. The van der Waals surface area contributed by atoms with Gasteiger partial charge in [-0.3, -0.25) is 14.9 Å². The number of hydrogen-bond donors (Lipinski definition) is 3. The molecule has 1 atom stereocenters. The number of rotatable bonds is 4. The fourth-order valence-corrected chi connectivity index (χ4v) is 2.50. The number of imide groups is 1. The van der Waals surface area contributed by atoms with Gasteiger partial charge in [0, 0.05) is 13.0 Å². The van der Waals surface area contributed by atoms with Crippen LogP contribution in [0.3, 0.4) is 0 Å². The second-order valence-electron chi connectivity index (χ2n) is 4.51. The average Bonchev–Trinajstić information content (AvgIpc) is 2.41. The number of methoxy groups -OCH3 is 1. The van der Waals surface area contributed by atoms with Crippen LogP contribution >= 0.6 is 15.9 Å². The van der Waals surface area contributed by atoms with Crippen molar-refractivity contribution in [2.45, 2.75) is 25.4 Å². The van der Waals surface area contributed by atoms with Gasteiger partial charge in [-0.25, -0.2) is 0 Å². The maximum atomic E-state index is 11.6. The van der Waals surface area contributed by atoms with Gasteiger partial charge >= 0.3 is 0 Å². The second-order valence-corrected chi connectivity index (χ2v) is 5.37. The Balaban J connectivity index is 2.02. The number of carbonyl (C=O) groups is 2. The van der Waals surface area contributed by atoms with Crippen LogP contribution in [0.1, 0.15) is 18.4 Å². The third-order valence-corrected chi connectivity index (χ3v) is 3.70. The van der Waals surface area contributed by atoms with Gasteiger partial charge in [0.1, 0.15) is 0 Å². The van der Waals surface area contributed by atoms with E-state index < -0.39 is 0 Å². The van der Waals surface area contributed by atoms with E-state index in [9.17, 15) is 14.7 Å². The fourth-order valence-electron chi connectivity index (χ4n) is 2.01. The molecule has 0 spiro atoms. The number of nitrogens with one attached hydrogen (secondary N) is 2. The van der Waals surface area contributed by atoms with E-state index in [2.05, 4.69) is 26.6 Å². The van der Waals surface area contributed by atoms with E-state index in [1.165, 1.54) is 7.11 Å². The highest BCUT2D eigenvalue weighted by Gasteiger charge is 2.25. The predicted molar refractivity (Wildman–Crippen MR) is 75.4 cm³/mol. The minimum Gasteiger partial charge on any atom is -0.503 e. The Kier molecular flexibility index (Phi) is 4.61. The Bertz CT molecular complexity index is 547. The Hall–Kier alpha value is -1.60. The molecule has 0 aromatic heterocycles. The maximum absolute atomic E-state index is 11.6. The van der Waals surface area contributed by atoms with E-state index >= 15 is 0 Å². The summed E-state index contributed by atoms with van der Waals surface area (Å²) in [7, 11) is 1.47. The first-order chi connectivity index (χ1) is 9.51. The maximum Gasteiger partial charge on any atom is 0.243 e. The highest BCUT2D eigenvalue weighted by molar-refractivity contribution is 9.10. The number of carbonyl (C=O) groups excluding carboxylic acids is 2. The zero-order chi connectivity index (χ0) is 14.7. The zero-order valence-electron chi connectivity index (χ0n) is 10.9. The molecule has 20 heavy (non-hydrogen) atoms. The normalized spacial score (nSPS) is 18.8. The summed E-state index contributed by atoms with van der Waals surface area (Å²) < 4.78 is 5.59. The lowest BCUT2D eigenvalue weighted by Crippen LogP contribution is -2.50. The van der Waals surface area contributed by atoms with Crippen LogP contribution < -0.4 is 15.4 Å². The van der Waals surface area contributed by atoms with Crippen molar-refractivity contribution in [3.63, 3.8) is 0 Å². The first kappa shape index (κ1) is 14.8. The average molecular weight is 343 g/mol. The number of ether oxygens (including phenoxy) is 1. The van der Waals surface area contributed by atoms with Gasteiger partial charge < -0.3 is 15.2 Å². The van der Waals surface area contributed by atoms with E-state index in [0.717, 1.165) is 5.56 Å². The van der Waals surface area contributed by atoms with Crippen molar-refractivity contribution in [1.29, 1.82) is 0 Å². The molecule has 1 unspecified atom stereocenters. The highest BCUT2D eigenvalue weighted by Crippen LogP contribution is 2.35. The number of amides is 2. The van der Waals surface area contributed by atoms with Gasteiger partial charge in [0.2, 0.25) is 11.8 Å². The largest absolute Gasteiger partial charge is 0.503 e. The monoisotopic (exact) mass is 342 g/mol. The molecular formula is C13H15BrN2O4. The molecule has 0 bridgehead atoms. The summed E-state index contributed by atoms with van der Waals surface area (Å²) in [5.41, 5.74) is 0.858. The lowest BCUT2D eigenvalue weighted by molar-refractivity contribution is -0.134. The topological polar surface area (TPSA) is 87.7 Å². The van der Waals surface area contributed by atoms with Crippen LogP contribution in [0.15, 0.2) is 16.6 Å². The van der Waals surface area contributed by atoms with Crippen LogP contribution in [-0.4, -0.2) is 30.1 Å². The molecule has 7 heteroatoms. The van der Waals surface area contributed by atoms with Crippen molar-refractivity contribution >= 4 is 27.7 Å². The van der Waals surface area contributed by atoms with Crippen molar-refractivity contribution in [2.75, 3.05) is 7.11 Å². The molecule has 3 N–H and O–H groups in total. The predicted octanol–water partition coefficient (Wildman–Crippen LogP) is 1.06. The number of halogens is 1. The Morgan fingerprint density at radius 2 is 2.25 bits per heavy atom. The summed E-state index contributed by atoms with van der Waals surface area (Å²) in [6, 6.07) is 3.06. The number of phenolic OH excluding ortho intramolecular Hbond substituents is 1. The van der Waals surface area contributed by atoms with E-state index in [1.807, 2.05) is 0 Å². The van der Waals surface area contributed by atoms with E-state index in [0.29, 0.717) is 29.6 Å². The molecule has 1 aliphatic heterocycles. The van der Waals surface area contributed by atoms with Crippen molar-refractivity contribution in [3.05, 3.63) is 22.2 Å². The molecule has 2 rings (SSSR count). The lowest BCUT2D eigenvalue weighted by atomic mass is 10.1. The number of piperidine rings is 1. The first-order valence-electron chi connectivity index (χ1n) is 6.13. The molecule has 6 nitrogen and oxygen atoms in total. The number of aromatic hydroxyl groups is 1. The SMILES string of the molecule is COc1cc(CNC2CCC(=O)NC2=O)cc(Br)c1O.